The number of carbonyl (C=O) groups excluding carboxylic acids is 1. The average Bonchev–Trinajstić information content (AvgIpc) is 3.04. The zero-order chi connectivity index (χ0) is 17.7. The number of rotatable bonds is 7. The predicted octanol–water partition coefficient (Wildman–Crippen LogP) is 1.96. The van der Waals surface area contributed by atoms with Gasteiger partial charge < -0.3 is 19.9 Å². The molecule has 1 aromatic carbocycles. The minimum Gasteiger partial charge on any atom is -0.493 e. The van der Waals surface area contributed by atoms with Crippen LogP contribution in [0, 0.1) is 5.92 Å². The van der Waals surface area contributed by atoms with Crippen molar-refractivity contribution in [3.8, 4) is 11.5 Å². The highest BCUT2D eigenvalue weighted by Crippen LogP contribution is 2.30. The summed E-state index contributed by atoms with van der Waals surface area (Å²) in [4.78, 5) is 24.0. The van der Waals surface area contributed by atoms with Crippen LogP contribution in [0.1, 0.15) is 18.9 Å². The van der Waals surface area contributed by atoms with Crippen LogP contribution < -0.4 is 14.8 Å². The van der Waals surface area contributed by atoms with E-state index in [9.17, 15) is 14.7 Å². The molecule has 1 saturated heterocycles. The number of aliphatic carboxylic acids is 1. The molecule has 2 rings (SSSR count). The second-order valence-electron chi connectivity index (χ2n) is 5.97. The molecule has 0 aromatic heterocycles. The first-order valence-electron chi connectivity index (χ1n) is 7.76. The number of carbonyl (C=O) groups is 2. The molecule has 6 nitrogen and oxygen atoms in total. The monoisotopic (exact) mass is 353 g/mol. The van der Waals surface area contributed by atoms with Crippen molar-refractivity contribution in [3.05, 3.63) is 23.8 Å². The van der Waals surface area contributed by atoms with E-state index in [1.807, 2.05) is 12.1 Å². The van der Waals surface area contributed by atoms with Gasteiger partial charge in [0.2, 0.25) is 5.91 Å². The third kappa shape index (κ3) is 3.95. The molecular formula is C17H23NO5S. The molecule has 2 N–H and O–H groups in total. The second kappa shape index (κ2) is 7.79. The van der Waals surface area contributed by atoms with Crippen LogP contribution in [0.15, 0.2) is 18.2 Å². The van der Waals surface area contributed by atoms with Crippen molar-refractivity contribution in [2.45, 2.75) is 25.3 Å². The van der Waals surface area contributed by atoms with Gasteiger partial charge in [0.15, 0.2) is 11.5 Å². The first-order valence-corrected chi connectivity index (χ1v) is 8.91. The van der Waals surface area contributed by atoms with Crippen LogP contribution in [0.3, 0.4) is 0 Å². The van der Waals surface area contributed by atoms with Gasteiger partial charge in [-0.05, 0) is 36.3 Å². The maximum absolute atomic E-state index is 12.5. The van der Waals surface area contributed by atoms with Crippen molar-refractivity contribution >= 4 is 23.6 Å². The van der Waals surface area contributed by atoms with Gasteiger partial charge in [0.05, 0.1) is 14.2 Å². The smallest absolute Gasteiger partial charge is 0.330 e. The van der Waals surface area contributed by atoms with Gasteiger partial charge in [-0.25, -0.2) is 4.79 Å². The molecule has 1 fully saturated rings. The molecule has 1 aliphatic rings. The first-order chi connectivity index (χ1) is 11.4. The molecule has 0 aliphatic carbocycles. The van der Waals surface area contributed by atoms with Crippen LogP contribution in [-0.2, 0) is 16.0 Å². The molecule has 0 radical (unpaired) electrons. The number of amides is 1. The van der Waals surface area contributed by atoms with Crippen LogP contribution in [-0.4, -0.2) is 48.2 Å². The molecule has 0 saturated carbocycles. The highest BCUT2D eigenvalue weighted by atomic mass is 32.2. The van der Waals surface area contributed by atoms with Gasteiger partial charge in [-0.3, -0.25) is 4.79 Å². The summed E-state index contributed by atoms with van der Waals surface area (Å²) < 4.78 is 10.5. The number of carboxylic acid groups (broad SMARTS) is 1. The Balaban J connectivity index is 2.05. The fourth-order valence-electron chi connectivity index (χ4n) is 2.70. The third-order valence-corrected chi connectivity index (χ3v) is 5.42. The molecular weight excluding hydrogens is 330 g/mol. The van der Waals surface area contributed by atoms with Gasteiger partial charge in [-0.1, -0.05) is 13.0 Å². The molecule has 7 heteroatoms. The van der Waals surface area contributed by atoms with Crippen LogP contribution in [0.2, 0.25) is 0 Å². The van der Waals surface area contributed by atoms with Gasteiger partial charge in [-0.15, -0.1) is 0 Å². The van der Waals surface area contributed by atoms with Crippen LogP contribution in [0.5, 0.6) is 11.5 Å². The topological polar surface area (TPSA) is 84.9 Å². The highest BCUT2D eigenvalue weighted by Gasteiger charge is 2.43. The summed E-state index contributed by atoms with van der Waals surface area (Å²) in [5, 5.41) is 12.2. The number of benzene rings is 1. The molecule has 2 unspecified atom stereocenters. The van der Waals surface area contributed by atoms with E-state index >= 15 is 0 Å². The summed E-state index contributed by atoms with van der Waals surface area (Å²) in [7, 11) is 3.13. The lowest BCUT2D eigenvalue weighted by atomic mass is 9.95. The Morgan fingerprint density at radius 3 is 2.58 bits per heavy atom. The van der Waals surface area contributed by atoms with Crippen molar-refractivity contribution in [2.75, 3.05) is 25.7 Å². The van der Waals surface area contributed by atoms with E-state index in [0.717, 1.165) is 11.3 Å². The highest BCUT2D eigenvalue weighted by molar-refractivity contribution is 7.99. The summed E-state index contributed by atoms with van der Waals surface area (Å²) in [6.07, 6.45) is 0.955. The number of ether oxygens (including phenoxy) is 2. The zero-order valence-corrected chi connectivity index (χ0v) is 14.9. The molecule has 1 aromatic rings. The lowest BCUT2D eigenvalue weighted by molar-refractivity contribution is -0.147. The lowest BCUT2D eigenvalue weighted by Gasteiger charge is -2.26. The standard InChI is InChI=1S/C17H23NO5S/c1-11(8-12-4-5-13(22-2)14(9-12)23-3)15(19)18-17(16(20)21)6-7-24-10-17/h4-5,9,11H,6-8,10H2,1-3H3,(H,18,19)(H,20,21). The molecule has 132 valence electrons. The van der Waals surface area contributed by atoms with Gasteiger partial charge in [-0.2, -0.15) is 11.8 Å². The van der Waals surface area contributed by atoms with E-state index < -0.39 is 11.5 Å². The average molecular weight is 353 g/mol. The van der Waals surface area contributed by atoms with E-state index in [2.05, 4.69) is 5.32 Å². The normalized spacial score (nSPS) is 21.1. The summed E-state index contributed by atoms with van der Waals surface area (Å²) in [5.74, 6) is 0.857. The van der Waals surface area contributed by atoms with E-state index in [-0.39, 0.29) is 11.8 Å². The number of hydrogen-bond donors (Lipinski definition) is 2. The van der Waals surface area contributed by atoms with Crippen molar-refractivity contribution in [2.24, 2.45) is 5.92 Å². The largest absolute Gasteiger partial charge is 0.493 e. The molecule has 24 heavy (non-hydrogen) atoms. The van der Waals surface area contributed by atoms with Crippen molar-refractivity contribution in [1.29, 1.82) is 0 Å². The minimum atomic E-state index is -1.13. The first kappa shape index (κ1) is 18.4. The quantitative estimate of drug-likeness (QED) is 0.779. The number of thioether (sulfide) groups is 1. The van der Waals surface area contributed by atoms with Crippen LogP contribution in [0.4, 0.5) is 0 Å². The Bertz CT molecular complexity index is 613. The van der Waals surface area contributed by atoms with Crippen LogP contribution >= 0.6 is 11.8 Å². The Morgan fingerprint density at radius 2 is 2.04 bits per heavy atom. The molecule has 1 amide bonds. The molecule has 0 bridgehead atoms. The Hall–Kier alpha value is -1.89. The predicted molar refractivity (Wildman–Crippen MR) is 92.9 cm³/mol. The van der Waals surface area contributed by atoms with Crippen molar-refractivity contribution in [3.63, 3.8) is 0 Å². The third-order valence-electron chi connectivity index (χ3n) is 4.23. The fraction of sp³-hybridized carbons (Fsp3) is 0.529. The van der Waals surface area contributed by atoms with E-state index in [1.165, 1.54) is 0 Å². The summed E-state index contributed by atoms with van der Waals surface area (Å²) in [6.45, 7) is 1.80. The maximum Gasteiger partial charge on any atom is 0.330 e. The minimum absolute atomic E-state index is 0.241. The van der Waals surface area contributed by atoms with Gasteiger partial charge >= 0.3 is 5.97 Å². The van der Waals surface area contributed by atoms with Crippen molar-refractivity contribution in [1.82, 2.24) is 5.32 Å². The summed E-state index contributed by atoms with van der Waals surface area (Å²) in [6, 6.07) is 5.51. The van der Waals surface area contributed by atoms with E-state index in [0.29, 0.717) is 30.1 Å². The summed E-state index contributed by atoms with van der Waals surface area (Å²) in [5.41, 5.74) is -0.200. The summed E-state index contributed by atoms with van der Waals surface area (Å²) >= 11 is 1.55. The number of methoxy groups -OCH3 is 2. The maximum atomic E-state index is 12.5. The van der Waals surface area contributed by atoms with Gasteiger partial charge in [0.1, 0.15) is 5.54 Å². The molecule has 1 aliphatic heterocycles. The number of nitrogens with one attached hydrogen (secondary N) is 1. The molecule has 0 spiro atoms. The Labute approximate surface area is 145 Å². The number of carboxylic acids is 1. The van der Waals surface area contributed by atoms with Gasteiger partial charge in [0.25, 0.3) is 0 Å². The fourth-order valence-corrected chi connectivity index (χ4v) is 4.02. The molecule has 1 heterocycles. The molecule has 2 atom stereocenters. The van der Waals surface area contributed by atoms with Gasteiger partial charge in [0, 0.05) is 11.7 Å². The second-order valence-corrected chi connectivity index (χ2v) is 7.08. The zero-order valence-electron chi connectivity index (χ0n) is 14.1. The van der Waals surface area contributed by atoms with E-state index in [1.54, 1.807) is 39.0 Å². The van der Waals surface area contributed by atoms with E-state index in [4.69, 9.17) is 9.47 Å². The SMILES string of the molecule is COc1ccc(CC(C)C(=O)NC2(C(=O)O)CCSC2)cc1OC. The van der Waals surface area contributed by atoms with Crippen LogP contribution in [0.25, 0.3) is 0 Å². The Morgan fingerprint density at radius 1 is 1.33 bits per heavy atom. The lowest BCUT2D eigenvalue weighted by Crippen LogP contribution is -2.56. The number of hydrogen-bond acceptors (Lipinski definition) is 5. The van der Waals surface area contributed by atoms with Crippen molar-refractivity contribution < 1.29 is 24.2 Å². The Kier molecular flexibility index (Phi) is 5.99.